The van der Waals surface area contributed by atoms with Crippen molar-refractivity contribution in [3.8, 4) is 11.5 Å². The van der Waals surface area contributed by atoms with Gasteiger partial charge in [-0.25, -0.2) is 0 Å². The van der Waals surface area contributed by atoms with Crippen molar-refractivity contribution < 1.29 is 19.1 Å². The number of hydrogen-bond donors (Lipinski definition) is 2. The number of anilines is 1. The average Bonchev–Trinajstić information content (AvgIpc) is 2.82. The highest BCUT2D eigenvalue weighted by atomic mass is 32.1. The number of benzene rings is 1. The van der Waals surface area contributed by atoms with Crippen LogP contribution in [0.2, 0.25) is 0 Å². The molecule has 1 aliphatic carbocycles. The Hall–Kier alpha value is -2.54. The van der Waals surface area contributed by atoms with Crippen LogP contribution in [0, 0.1) is 0 Å². The molecule has 0 radical (unpaired) electrons. The van der Waals surface area contributed by atoms with E-state index in [0.29, 0.717) is 27.6 Å². The molecule has 0 atom stereocenters. The van der Waals surface area contributed by atoms with Gasteiger partial charge in [0.2, 0.25) is 0 Å². The predicted molar refractivity (Wildman–Crippen MR) is 102 cm³/mol. The molecule has 0 bridgehead atoms. The van der Waals surface area contributed by atoms with Gasteiger partial charge < -0.3 is 20.5 Å². The summed E-state index contributed by atoms with van der Waals surface area (Å²) in [6.07, 6.45) is 4.99. The summed E-state index contributed by atoms with van der Waals surface area (Å²) in [4.78, 5) is 26.0. The van der Waals surface area contributed by atoms with E-state index in [1.54, 1.807) is 18.2 Å². The standard InChI is InChI=1S/C19H22N2O4S/c1-24-11-8-9-14(25-2)13(10-11)18(23)21-19-16(17(20)22)12-6-4-3-5-7-15(12)26-19/h8-10H,3-7H2,1-2H3,(H2,20,22)(H,21,23). The molecule has 1 aromatic heterocycles. The van der Waals surface area contributed by atoms with E-state index in [2.05, 4.69) is 5.32 Å². The number of carbonyl (C=O) groups excluding carboxylic acids is 2. The first-order chi connectivity index (χ1) is 12.5. The molecule has 7 heteroatoms. The van der Waals surface area contributed by atoms with E-state index < -0.39 is 5.91 Å². The van der Waals surface area contributed by atoms with Gasteiger partial charge >= 0.3 is 0 Å². The minimum absolute atomic E-state index is 0.339. The van der Waals surface area contributed by atoms with Crippen LogP contribution in [0.15, 0.2) is 18.2 Å². The molecule has 0 spiro atoms. The molecule has 0 unspecified atom stereocenters. The van der Waals surface area contributed by atoms with Crippen LogP contribution in [-0.2, 0) is 12.8 Å². The van der Waals surface area contributed by atoms with Crippen LogP contribution in [0.5, 0.6) is 11.5 Å². The monoisotopic (exact) mass is 374 g/mol. The quantitative estimate of drug-likeness (QED) is 0.785. The third-order valence-corrected chi connectivity index (χ3v) is 5.75. The number of nitrogens with two attached hydrogens (primary N) is 1. The van der Waals surface area contributed by atoms with Gasteiger partial charge in [0.1, 0.15) is 16.5 Å². The van der Waals surface area contributed by atoms with Crippen molar-refractivity contribution in [2.24, 2.45) is 5.73 Å². The van der Waals surface area contributed by atoms with Crippen molar-refractivity contribution in [3.63, 3.8) is 0 Å². The fourth-order valence-corrected chi connectivity index (χ4v) is 4.54. The van der Waals surface area contributed by atoms with Gasteiger partial charge in [-0.1, -0.05) is 6.42 Å². The summed E-state index contributed by atoms with van der Waals surface area (Å²) in [7, 11) is 3.03. The molecule has 6 nitrogen and oxygen atoms in total. The first kappa shape index (κ1) is 18.3. The van der Waals surface area contributed by atoms with Crippen LogP contribution < -0.4 is 20.5 Å². The molecule has 2 amide bonds. The van der Waals surface area contributed by atoms with E-state index in [1.165, 1.54) is 25.6 Å². The van der Waals surface area contributed by atoms with Gasteiger partial charge in [0.25, 0.3) is 11.8 Å². The summed E-state index contributed by atoms with van der Waals surface area (Å²) >= 11 is 1.45. The predicted octanol–water partition coefficient (Wildman–Crippen LogP) is 3.39. The van der Waals surface area contributed by atoms with E-state index >= 15 is 0 Å². The zero-order chi connectivity index (χ0) is 18.7. The summed E-state index contributed by atoms with van der Waals surface area (Å²) in [5.41, 5.74) is 7.40. The largest absolute Gasteiger partial charge is 0.497 e. The molecule has 1 heterocycles. The van der Waals surface area contributed by atoms with Crippen LogP contribution >= 0.6 is 11.3 Å². The van der Waals surface area contributed by atoms with E-state index in [1.807, 2.05) is 0 Å². The molecule has 3 N–H and O–H groups in total. The molecular weight excluding hydrogens is 352 g/mol. The van der Waals surface area contributed by atoms with Gasteiger partial charge in [-0.05, 0) is 49.4 Å². The summed E-state index contributed by atoms with van der Waals surface area (Å²) in [6.45, 7) is 0. The number of hydrogen-bond acceptors (Lipinski definition) is 5. The van der Waals surface area contributed by atoms with E-state index in [-0.39, 0.29) is 5.91 Å². The molecule has 1 aliphatic rings. The third kappa shape index (κ3) is 3.53. The molecule has 26 heavy (non-hydrogen) atoms. The van der Waals surface area contributed by atoms with Crippen molar-refractivity contribution in [2.45, 2.75) is 32.1 Å². The fourth-order valence-electron chi connectivity index (χ4n) is 3.25. The van der Waals surface area contributed by atoms with Crippen molar-refractivity contribution >= 4 is 28.2 Å². The van der Waals surface area contributed by atoms with Crippen molar-refractivity contribution in [3.05, 3.63) is 39.8 Å². The first-order valence-electron chi connectivity index (χ1n) is 8.53. The molecule has 138 valence electrons. The van der Waals surface area contributed by atoms with E-state index in [4.69, 9.17) is 15.2 Å². The summed E-state index contributed by atoms with van der Waals surface area (Å²) in [5, 5.41) is 3.37. The SMILES string of the molecule is COc1ccc(OC)c(C(=O)Nc2sc3c(c2C(N)=O)CCCCC3)c1. The lowest BCUT2D eigenvalue weighted by Gasteiger charge is -2.11. The minimum atomic E-state index is -0.502. The van der Waals surface area contributed by atoms with Gasteiger partial charge in [-0.2, -0.15) is 0 Å². The summed E-state index contributed by atoms with van der Waals surface area (Å²) in [5.74, 6) is 0.118. The number of methoxy groups -OCH3 is 2. The lowest BCUT2D eigenvalue weighted by atomic mass is 10.1. The number of ether oxygens (including phenoxy) is 2. The number of fused-ring (bicyclic) bond motifs is 1. The molecular formula is C19H22N2O4S. The fraction of sp³-hybridized carbons (Fsp3) is 0.368. The molecule has 0 fully saturated rings. The number of primary amides is 1. The highest BCUT2D eigenvalue weighted by Gasteiger charge is 2.25. The van der Waals surface area contributed by atoms with Gasteiger partial charge in [0.05, 0.1) is 25.3 Å². The summed E-state index contributed by atoms with van der Waals surface area (Å²) < 4.78 is 10.5. The zero-order valence-electron chi connectivity index (χ0n) is 14.9. The Bertz CT molecular complexity index is 844. The minimum Gasteiger partial charge on any atom is -0.497 e. The maximum absolute atomic E-state index is 12.8. The number of thiophene rings is 1. The third-order valence-electron chi connectivity index (χ3n) is 4.55. The smallest absolute Gasteiger partial charge is 0.260 e. The Labute approximate surface area is 156 Å². The molecule has 0 aliphatic heterocycles. The average molecular weight is 374 g/mol. The highest BCUT2D eigenvalue weighted by Crippen LogP contribution is 2.38. The number of rotatable bonds is 5. The lowest BCUT2D eigenvalue weighted by molar-refractivity contribution is 0.100. The molecule has 1 aromatic carbocycles. The molecule has 0 saturated carbocycles. The second-order valence-corrected chi connectivity index (χ2v) is 7.26. The second-order valence-electron chi connectivity index (χ2n) is 6.15. The van der Waals surface area contributed by atoms with Crippen LogP contribution in [-0.4, -0.2) is 26.0 Å². The van der Waals surface area contributed by atoms with Crippen LogP contribution in [0.3, 0.4) is 0 Å². The van der Waals surface area contributed by atoms with Crippen LogP contribution in [0.4, 0.5) is 5.00 Å². The number of aryl methyl sites for hydroxylation is 1. The maximum Gasteiger partial charge on any atom is 0.260 e. The van der Waals surface area contributed by atoms with Crippen molar-refractivity contribution in [1.29, 1.82) is 0 Å². The Balaban J connectivity index is 1.96. The first-order valence-corrected chi connectivity index (χ1v) is 9.34. The Morgan fingerprint density at radius 1 is 1.12 bits per heavy atom. The number of carbonyl (C=O) groups is 2. The number of amides is 2. The normalized spacial score (nSPS) is 13.5. The van der Waals surface area contributed by atoms with Crippen molar-refractivity contribution in [1.82, 2.24) is 0 Å². The van der Waals surface area contributed by atoms with E-state index in [9.17, 15) is 9.59 Å². The molecule has 3 rings (SSSR count). The van der Waals surface area contributed by atoms with Crippen LogP contribution in [0.25, 0.3) is 0 Å². The summed E-state index contributed by atoms with van der Waals surface area (Å²) in [6, 6.07) is 5.00. The maximum atomic E-state index is 12.8. The zero-order valence-corrected chi connectivity index (χ0v) is 15.7. The Kier molecular flexibility index (Phi) is 5.46. The van der Waals surface area contributed by atoms with Gasteiger partial charge in [0, 0.05) is 4.88 Å². The van der Waals surface area contributed by atoms with E-state index in [0.717, 1.165) is 42.5 Å². The van der Waals surface area contributed by atoms with Gasteiger partial charge in [0.15, 0.2) is 0 Å². The molecule has 2 aromatic rings. The second kappa shape index (κ2) is 7.78. The lowest BCUT2D eigenvalue weighted by Crippen LogP contribution is -2.18. The Morgan fingerprint density at radius 2 is 1.88 bits per heavy atom. The topological polar surface area (TPSA) is 90.7 Å². The Morgan fingerprint density at radius 3 is 2.58 bits per heavy atom. The van der Waals surface area contributed by atoms with Gasteiger partial charge in [-0.15, -0.1) is 11.3 Å². The highest BCUT2D eigenvalue weighted by molar-refractivity contribution is 7.17. The molecule has 0 saturated heterocycles. The van der Waals surface area contributed by atoms with Crippen LogP contribution in [0.1, 0.15) is 50.4 Å². The van der Waals surface area contributed by atoms with Crippen molar-refractivity contribution in [2.75, 3.05) is 19.5 Å². The van der Waals surface area contributed by atoms with Gasteiger partial charge in [-0.3, -0.25) is 9.59 Å². The number of nitrogens with one attached hydrogen (secondary N) is 1.